The summed E-state index contributed by atoms with van der Waals surface area (Å²) in [6, 6.07) is 8.31. The normalized spacial score (nSPS) is 14.1. The molecular weight excluding hydrogens is 318 g/mol. The molecule has 6 heteroatoms. The third kappa shape index (κ3) is 3.85. The molecule has 1 aromatic carbocycles. The lowest BCUT2D eigenvalue weighted by atomic mass is 10.1. The SMILES string of the molecule is COC(=O)Cc1c(C(=O)N(C)CCN(C)C2CC2)[nH]c2ccccc12. The van der Waals surface area contributed by atoms with Crippen LogP contribution >= 0.6 is 0 Å². The van der Waals surface area contributed by atoms with Crippen molar-refractivity contribution in [3.63, 3.8) is 0 Å². The number of likely N-dealkylation sites (N-methyl/N-ethyl adjacent to an activating group) is 2. The molecule has 0 spiro atoms. The monoisotopic (exact) mass is 343 g/mol. The van der Waals surface area contributed by atoms with Gasteiger partial charge in [0.05, 0.1) is 13.5 Å². The van der Waals surface area contributed by atoms with Gasteiger partial charge in [-0.25, -0.2) is 0 Å². The fourth-order valence-electron chi connectivity index (χ4n) is 3.08. The van der Waals surface area contributed by atoms with E-state index in [2.05, 4.69) is 16.9 Å². The minimum Gasteiger partial charge on any atom is -0.469 e. The van der Waals surface area contributed by atoms with Crippen LogP contribution in [0.25, 0.3) is 10.9 Å². The average molecular weight is 343 g/mol. The zero-order valence-corrected chi connectivity index (χ0v) is 15.0. The van der Waals surface area contributed by atoms with Crippen LogP contribution in [0, 0.1) is 0 Å². The maximum atomic E-state index is 12.9. The number of para-hydroxylation sites is 1. The minimum absolute atomic E-state index is 0.0808. The molecule has 2 aromatic rings. The lowest BCUT2D eigenvalue weighted by Crippen LogP contribution is -2.36. The molecule has 25 heavy (non-hydrogen) atoms. The zero-order valence-electron chi connectivity index (χ0n) is 15.0. The second kappa shape index (κ2) is 7.27. The summed E-state index contributed by atoms with van der Waals surface area (Å²) >= 11 is 0. The lowest BCUT2D eigenvalue weighted by molar-refractivity contribution is -0.139. The topological polar surface area (TPSA) is 65.6 Å². The predicted octanol–water partition coefficient (Wildman–Crippen LogP) is 2.05. The number of carbonyl (C=O) groups excluding carboxylic acids is 2. The Bertz CT molecular complexity index is 779. The summed E-state index contributed by atoms with van der Waals surface area (Å²) in [5.74, 6) is -0.450. The number of nitrogens with zero attached hydrogens (tertiary/aromatic N) is 2. The fourth-order valence-corrected chi connectivity index (χ4v) is 3.08. The van der Waals surface area contributed by atoms with Gasteiger partial charge in [-0.1, -0.05) is 18.2 Å². The van der Waals surface area contributed by atoms with Crippen LogP contribution in [0.3, 0.4) is 0 Å². The first kappa shape index (κ1) is 17.5. The van der Waals surface area contributed by atoms with Gasteiger partial charge in [-0.3, -0.25) is 9.59 Å². The van der Waals surface area contributed by atoms with Gasteiger partial charge in [0, 0.05) is 42.6 Å². The van der Waals surface area contributed by atoms with Crippen molar-refractivity contribution < 1.29 is 14.3 Å². The van der Waals surface area contributed by atoms with E-state index in [0.717, 1.165) is 17.4 Å². The number of ether oxygens (including phenoxy) is 1. The van der Waals surface area contributed by atoms with E-state index in [1.807, 2.05) is 24.3 Å². The number of carbonyl (C=O) groups is 2. The van der Waals surface area contributed by atoms with E-state index < -0.39 is 0 Å². The summed E-state index contributed by atoms with van der Waals surface area (Å²) in [6.07, 6.45) is 2.58. The molecule has 0 saturated heterocycles. The molecular formula is C19H25N3O3. The molecule has 1 saturated carbocycles. The highest BCUT2D eigenvalue weighted by Crippen LogP contribution is 2.26. The molecule has 1 amide bonds. The van der Waals surface area contributed by atoms with Crippen LogP contribution in [-0.4, -0.2) is 67.0 Å². The van der Waals surface area contributed by atoms with Crippen molar-refractivity contribution in [3.8, 4) is 0 Å². The highest BCUT2D eigenvalue weighted by atomic mass is 16.5. The highest BCUT2D eigenvalue weighted by Gasteiger charge is 2.27. The van der Waals surface area contributed by atoms with Crippen LogP contribution in [-0.2, 0) is 16.0 Å². The third-order valence-corrected chi connectivity index (χ3v) is 4.88. The molecule has 134 valence electrons. The zero-order chi connectivity index (χ0) is 18.0. The molecule has 1 aliphatic rings. The number of benzene rings is 1. The molecule has 0 radical (unpaired) electrons. The number of nitrogens with one attached hydrogen (secondary N) is 1. The quantitative estimate of drug-likeness (QED) is 0.782. The van der Waals surface area contributed by atoms with Crippen molar-refractivity contribution in [1.82, 2.24) is 14.8 Å². The largest absolute Gasteiger partial charge is 0.469 e. The smallest absolute Gasteiger partial charge is 0.310 e. The van der Waals surface area contributed by atoms with Crippen LogP contribution in [0.15, 0.2) is 24.3 Å². The van der Waals surface area contributed by atoms with Gasteiger partial charge in [-0.05, 0) is 26.0 Å². The van der Waals surface area contributed by atoms with Crippen LogP contribution in [0.5, 0.6) is 0 Å². The number of aromatic amines is 1. The van der Waals surface area contributed by atoms with Gasteiger partial charge in [0.2, 0.25) is 0 Å². The van der Waals surface area contributed by atoms with Gasteiger partial charge < -0.3 is 19.5 Å². The first-order valence-electron chi connectivity index (χ1n) is 8.63. The number of aromatic nitrogens is 1. The van der Waals surface area contributed by atoms with E-state index in [4.69, 9.17) is 4.74 Å². The van der Waals surface area contributed by atoms with E-state index >= 15 is 0 Å². The van der Waals surface area contributed by atoms with E-state index in [-0.39, 0.29) is 18.3 Å². The van der Waals surface area contributed by atoms with Crippen molar-refractivity contribution in [1.29, 1.82) is 0 Å². The van der Waals surface area contributed by atoms with Crippen molar-refractivity contribution in [2.45, 2.75) is 25.3 Å². The molecule has 1 fully saturated rings. The Morgan fingerprint density at radius 3 is 2.60 bits per heavy atom. The fraction of sp³-hybridized carbons (Fsp3) is 0.474. The minimum atomic E-state index is -0.352. The van der Waals surface area contributed by atoms with Gasteiger partial charge >= 0.3 is 5.97 Å². The number of amides is 1. The summed E-state index contributed by atoms with van der Waals surface area (Å²) in [5, 5.41) is 0.889. The summed E-state index contributed by atoms with van der Waals surface area (Å²) in [6.45, 7) is 1.50. The molecule has 1 aromatic heterocycles. The number of esters is 1. The maximum absolute atomic E-state index is 12.9. The molecule has 0 atom stereocenters. The summed E-state index contributed by atoms with van der Waals surface area (Å²) in [4.78, 5) is 31.9. The maximum Gasteiger partial charge on any atom is 0.310 e. The molecule has 3 rings (SSSR count). The van der Waals surface area contributed by atoms with Crippen LogP contribution in [0.2, 0.25) is 0 Å². The molecule has 6 nitrogen and oxygen atoms in total. The number of rotatable bonds is 7. The van der Waals surface area contributed by atoms with Crippen molar-refractivity contribution >= 4 is 22.8 Å². The summed E-state index contributed by atoms with van der Waals surface area (Å²) in [5.41, 5.74) is 2.03. The number of H-pyrrole nitrogens is 1. The number of methoxy groups -OCH3 is 1. The van der Waals surface area contributed by atoms with E-state index in [0.29, 0.717) is 23.8 Å². The van der Waals surface area contributed by atoms with Gasteiger partial charge in [0.25, 0.3) is 5.91 Å². The van der Waals surface area contributed by atoms with E-state index in [1.54, 1.807) is 11.9 Å². The van der Waals surface area contributed by atoms with E-state index in [1.165, 1.54) is 20.0 Å². The molecule has 1 heterocycles. The van der Waals surface area contributed by atoms with Gasteiger partial charge in [0.1, 0.15) is 5.69 Å². The lowest BCUT2D eigenvalue weighted by Gasteiger charge is -2.22. The highest BCUT2D eigenvalue weighted by molar-refractivity contribution is 6.02. The first-order valence-corrected chi connectivity index (χ1v) is 8.63. The van der Waals surface area contributed by atoms with Crippen molar-refractivity contribution in [3.05, 3.63) is 35.5 Å². The molecule has 1 N–H and O–H groups in total. The second-order valence-electron chi connectivity index (χ2n) is 6.72. The molecule has 0 aliphatic heterocycles. The Morgan fingerprint density at radius 1 is 1.20 bits per heavy atom. The Balaban J connectivity index is 1.81. The number of hydrogen-bond acceptors (Lipinski definition) is 4. The number of hydrogen-bond donors (Lipinski definition) is 1. The average Bonchev–Trinajstić information content (AvgIpc) is 3.42. The Morgan fingerprint density at radius 2 is 1.92 bits per heavy atom. The van der Waals surface area contributed by atoms with Crippen LogP contribution in [0.4, 0.5) is 0 Å². The summed E-state index contributed by atoms with van der Waals surface area (Å²) in [7, 11) is 5.26. The van der Waals surface area contributed by atoms with Crippen molar-refractivity contribution in [2.24, 2.45) is 0 Å². The standard InChI is InChI=1S/C19H25N3O3/c1-21(13-8-9-13)10-11-22(2)19(24)18-15(12-17(23)25-3)14-6-4-5-7-16(14)20-18/h4-7,13,20H,8-12H2,1-3H3. The molecule has 0 bridgehead atoms. The van der Waals surface area contributed by atoms with E-state index in [9.17, 15) is 9.59 Å². The summed E-state index contributed by atoms with van der Waals surface area (Å²) < 4.78 is 4.80. The number of fused-ring (bicyclic) bond motifs is 1. The Hall–Kier alpha value is -2.34. The van der Waals surface area contributed by atoms with Gasteiger partial charge in [-0.15, -0.1) is 0 Å². The molecule has 0 unspecified atom stereocenters. The second-order valence-corrected chi connectivity index (χ2v) is 6.72. The van der Waals surface area contributed by atoms with Gasteiger partial charge in [-0.2, -0.15) is 0 Å². The third-order valence-electron chi connectivity index (χ3n) is 4.88. The Labute approximate surface area is 147 Å². The molecule has 1 aliphatic carbocycles. The first-order chi connectivity index (χ1) is 12.0. The Kier molecular flexibility index (Phi) is 5.08. The van der Waals surface area contributed by atoms with Gasteiger partial charge in [0.15, 0.2) is 0 Å². The predicted molar refractivity (Wildman–Crippen MR) is 96.6 cm³/mol. The van der Waals surface area contributed by atoms with Crippen LogP contribution < -0.4 is 0 Å². The van der Waals surface area contributed by atoms with Crippen LogP contribution in [0.1, 0.15) is 28.9 Å². The van der Waals surface area contributed by atoms with Crippen molar-refractivity contribution in [2.75, 3.05) is 34.3 Å².